The van der Waals surface area contributed by atoms with Gasteiger partial charge in [0, 0.05) is 12.3 Å². The van der Waals surface area contributed by atoms with Gasteiger partial charge in [0.1, 0.15) is 11.5 Å². The Morgan fingerprint density at radius 3 is 2.50 bits per heavy atom. The summed E-state index contributed by atoms with van der Waals surface area (Å²) in [5.41, 5.74) is 2.12. The van der Waals surface area contributed by atoms with Gasteiger partial charge in [-0.3, -0.25) is 0 Å². The highest BCUT2D eigenvalue weighted by atomic mass is 16.5. The highest BCUT2D eigenvalue weighted by Gasteiger charge is 2.10. The molecule has 0 amide bonds. The zero-order chi connectivity index (χ0) is 14.7. The number of aromatic carboxylic acids is 1. The third-order valence-corrected chi connectivity index (χ3v) is 2.76. The van der Waals surface area contributed by atoms with Crippen LogP contribution >= 0.6 is 0 Å². The second kappa shape index (κ2) is 5.41. The standard InChI is InChI=1S/C15H12N2O3/c1-9-5-11(8-16)6-10(2)14(9)20-12-3-4-17-13(7-12)15(18)19/h3-7H,1-2H3,(H,18,19). The minimum absolute atomic E-state index is 0.0774. The number of benzene rings is 1. The third kappa shape index (κ3) is 2.75. The molecule has 0 saturated heterocycles. The molecule has 20 heavy (non-hydrogen) atoms. The number of nitriles is 1. The fourth-order valence-corrected chi connectivity index (χ4v) is 1.89. The Morgan fingerprint density at radius 1 is 1.30 bits per heavy atom. The monoisotopic (exact) mass is 268 g/mol. The molecule has 0 aliphatic heterocycles. The van der Waals surface area contributed by atoms with Crippen molar-refractivity contribution >= 4 is 5.97 Å². The minimum Gasteiger partial charge on any atom is -0.477 e. The van der Waals surface area contributed by atoms with E-state index in [1.54, 1.807) is 18.2 Å². The lowest BCUT2D eigenvalue weighted by molar-refractivity contribution is 0.0690. The summed E-state index contributed by atoms with van der Waals surface area (Å²) in [5, 5.41) is 17.8. The van der Waals surface area contributed by atoms with Gasteiger partial charge in [0.05, 0.1) is 11.6 Å². The van der Waals surface area contributed by atoms with Crippen LogP contribution in [0.5, 0.6) is 11.5 Å². The highest BCUT2D eigenvalue weighted by molar-refractivity contribution is 5.85. The number of carboxylic acids is 1. The fourth-order valence-electron chi connectivity index (χ4n) is 1.89. The summed E-state index contributed by atoms with van der Waals surface area (Å²) in [7, 11) is 0. The molecule has 0 spiro atoms. The van der Waals surface area contributed by atoms with Gasteiger partial charge in [-0.05, 0) is 43.2 Å². The van der Waals surface area contributed by atoms with E-state index >= 15 is 0 Å². The normalized spacial score (nSPS) is 9.85. The van der Waals surface area contributed by atoms with E-state index in [0.717, 1.165) is 11.1 Å². The number of hydrogen-bond donors (Lipinski definition) is 1. The smallest absolute Gasteiger partial charge is 0.354 e. The van der Waals surface area contributed by atoms with Crippen molar-refractivity contribution < 1.29 is 14.6 Å². The predicted octanol–water partition coefficient (Wildman–Crippen LogP) is 3.06. The Morgan fingerprint density at radius 2 is 1.95 bits per heavy atom. The molecule has 0 aliphatic carbocycles. The van der Waals surface area contributed by atoms with Gasteiger partial charge in [0.2, 0.25) is 0 Å². The second-order valence-corrected chi connectivity index (χ2v) is 4.33. The van der Waals surface area contributed by atoms with E-state index in [1.165, 1.54) is 12.3 Å². The predicted molar refractivity (Wildman–Crippen MR) is 71.9 cm³/mol. The Labute approximate surface area is 116 Å². The Hall–Kier alpha value is -2.87. The van der Waals surface area contributed by atoms with Gasteiger partial charge in [-0.2, -0.15) is 5.26 Å². The summed E-state index contributed by atoms with van der Waals surface area (Å²) >= 11 is 0. The first-order chi connectivity index (χ1) is 9.51. The molecule has 2 rings (SSSR count). The molecular weight excluding hydrogens is 256 g/mol. The summed E-state index contributed by atoms with van der Waals surface area (Å²) in [6.07, 6.45) is 1.38. The molecule has 0 atom stereocenters. The number of nitrogens with zero attached hydrogens (tertiary/aromatic N) is 2. The summed E-state index contributed by atoms with van der Waals surface area (Å²) in [4.78, 5) is 14.6. The van der Waals surface area contributed by atoms with E-state index in [9.17, 15) is 4.79 Å². The maximum Gasteiger partial charge on any atom is 0.354 e. The molecule has 0 unspecified atom stereocenters. The van der Waals surface area contributed by atoms with Gasteiger partial charge in [-0.15, -0.1) is 0 Å². The van der Waals surface area contributed by atoms with Crippen LogP contribution in [-0.4, -0.2) is 16.1 Å². The van der Waals surface area contributed by atoms with E-state index in [2.05, 4.69) is 11.1 Å². The van der Waals surface area contributed by atoms with Crippen LogP contribution in [-0.2, 0) is 0 Å². The Kier molecular flexibility index (Phi) is 3.67. The first-order valence-electron chi connectivity index (χ1n) is 5.90. The molecule has 5 nitrogen and oxygen atoms in total. The van der Waals surface area contributed by atoms with Crippen LogP contribution in [0.1, 0.15) is 27.2 Å². The van der Waals surface area contributed by atoms with Gasteiger partial charge < -0.3 is 9.84 Å². The van der Waals surface area contributed by atoms with Gasteiger partial charge in [-0.25, -0.2) is 9.78 Å². The van der Waals surface area contributed by atoms with Crippen molar-refractivity contribution in [2.24, 2.45) is 0 Å². The van der Waals surface area contributed by atoms with Gasteiger partial charge in [0.15, 0.2) is 5.69 Å². The molecule has 100 valence electrons. The van der Waals surface area contributed by atoms with Crippen molar-refractivity contribution in [3.63, 3.8) is 0 Å². The number of hydrogen-bond acceptors (Lipinski definition) is 4. The van der Waals surface area contributed by atoms with Crippen molar-refractivity contribution in [1.82, 2.24) is 4.98 Å². The Balaban J connectivity index is 2.38. The van der Waals surface area contributed by atoms with Gasteiger partial charge >= 0.3 is 5.97 Å². The number of aromatic nitrogens is 1. The minimum atomic E-state index is -1.11. The van der Waals surface area contributed by atoms with E-state index in [-0.39, 0.29) is 5.69 Å². The van der Waals surface area contributed by atoms with E-state index in [1.807, 2.05) is 13.8 Å². The lowest BCUT2D eigenvalue weighted by atomic mass is 10.1. The van der Waals surface area contributed by atoms with Crippen LogP contribution in [0.25, 0.3) is 0 Å². The quantitative estimate of drug-likeness (QED) is 0.924. The average Bonchev–Trinajstić information content (AvgIpc) is 2.42. The zero-order valence-corrected chi connectivity index (χ0v) is 11.0. The maximum atomic E-state index is 10.9. The number of carboxylic acid groups (broad SMARTS) is 1. The van der Waals surface area contributed by atoms with Crippen molar-refractivity contribution in [3.05, 3.63) is 52.8 Å². The SMILES string of the molecule is Cc1cc(C#N)cc(C)c1Oc1ccnc(C(=O)O)c1. The maximum absolute atomic E-state index is 10.9. The summed E-state index contributed by atoms with van der Waals surface area (Å²) in [5.74, 6) is -0.0939. The van der Waals surface area contributed by atoms with Crippen LogP contribution in [0, 0.1) is 25.2 Å². The van der Waals surface area contributed by atoms with E-state index in [0.29, 0.717) is 17.1 Å². The number of rotatable bonds is 3. The number of carbonyl (C=O) groups is 1. The van der Waals surface area contributed by atoms with Crippen molar-refractivity contribution in [2.75, 3.05) is 0 Å². The molecule has 0 bridgehead atoms. The van der Waals surface area contributed by atoms with Crippen LogP contribution in [0.4, 0.5) is 0 Å². The molecular formula is C15H12N2O3. The largest absolute Gasteiger partial charge is 0.477 e. The first kappa shape index (κ1) is 13.6. The second-order valence-electron chi connectivity index (χ2n) is 4.33. The molecule has 0 saturated carbocycles. The molecule has 1 aromatic heterocycles. The molecule has 1 aromatic carbocycles. The first-order valence-corrected chi connectivity index (χ1v) is 5.90. The molecule has 0 fully saturated rings. The number of pyridine rings is 1. The molecule has 1 N–H and O–H groups in total. The van der Waals surface area contributed by atoms with E-state index in [4.69, 9.17) is 15.1 Å². The average molecular weight is 268 g/mol. The van der Waals surface area contributed by atoms with Crippen molar-refractivity contribution in [3.8, 4) is 17.6 Å². The molecule has 0 aliphatic rings. The summed E-state index contributed by atoms with van der Waals surface area (Å²) in [6, 6.07) is 8.48. The van der Waals surface area contributed by atoms with Crippen molar-refractivity contribution in [2.45, 2.75) is 13.8 Å². The van der Waals surface area contributed by atoms with Gasteiger partial charge in [-0.1, -0.05) is 0 Å². The molecule has 2 aromatic rings. The number of ether oxygens (including phenoxy) is 1. The summed E-state index contributed by atoms with van der Waals surface area (Å²) < 4.78 is 5.72. The summed E-state index contributed by atoms with van der Waals surface area (Å²) in [6.45, 7) is 3.67. The van der Waals surface area contributed by atoms with Crippen molar-refractivity contribution in [1.29, 1.82) is 5.26 Å². The fraction of sp³-hybridized carbons (Fsp3) is 0.133. The van der Waals surface area contributed by atoms with Crippen LogP contribution < -0.4 is 4.74 Å². The lowest BCUT2D eigenvalue weighted by Crippen LogP contribution is -2.00. The van der Waals surface area contributed by atoms with Crippen LogP contribution in [0.2, 0.25) is 0 Å². The molecule has 5 heteroatoms. The molecule has 1 heterocycles. The number of aryl methyl sites for hydroxylation is 2. The van der Waals surface area contributed by atoms with E-state index < -0.39 is 5.97 Å². The zero-order valence-electron chi connectivity index (χ0n) is 11.0. The van der Waals surface area contributed by atoms with Gasteiger partial charge in [0.25, 0.3) is 0 Å². The lowest BCUT2D eigenvalue weighted by Gasteiger charge is -2.12. The van der Waals surface area contributed by atoms with Crippen LogP contribution in [0.15, 0.2) is 30.5 Å². The topological polar surface area (TPSA) is 83.2 Å². The van der Waals surface area contributed by atoms with Crippen LogP contribution in [0.3, 0.4) is 0 Å². The molecule has 0 radical (unpaired) electrons. The highest BCUT2D eigenvalue weighted by Crippen LogP contribution is 2.29. The Bertz CT molecular complexity index is 694. The third-order valence-electron chi connectivity index (χ3n) is 2.76.